The maximum Gasteiger partial charge on any atom is 0.262 e. The van der Waals surface area contributed by atoms with Crippen LogP contribution in [0.3, 0.4) is 0 Å². The van der Waals surface area contributed by atoms with Gasteiger partial charge < -0.3 is 10.1 Å². The molecule has 0 bridgehead atoms. The van der Waals surface area contributed by atoms with Crippen LogP contribution < -0.4 is 10.1 Å². The van der Waals surface area contributed by atoms with Gasteiger partial charge in [0, 0.05) is 12.3 Å². The number of pyridine rings is 1. The first-order chi connectivity index (χ1) is 5.77. The van der Waals surface area contributed by atoms with Crippen molar-refractivity contribution in [2.75, 3.05) is 11.9 Å². The molecule has 0 saturated carbocycles. The van der Waals surface area contributed by atoms with Crippen LogP contribution in [0, 0.1) is 0 Å². The van der Waals surface area contributed by atoms with Crippen molar-refractivity contribution in [3.63, 3.8) is 0 Å². The Morgan fingerprint density at radius 2 is 2.50 bits per heavy atom. The van der Waals surface area contributed by atoms with Crippen molar-refractivity contribution in [3.05, 3.63) is 16.9 Å². The van der Waals surface area contributed by atoms with E-state index in [1.54, 1.807) is 12.3 Å². The number of ether oxygens (including phenoxy) is 1. The molecule has 1 aliphatic heterocycles. The zero-order valence-corrected chi connectivity index (χ0v) is 7.59. The van der Waals surface area contributed by atoms with Crippen molar-refractivity contribution >= 4 is 27.5 Å². The summed E-state index contributed by atoms with van der Waals surface area (Å²) in [7, 11) is 0. The van der Waals surface area contributed by atoms with Crippen LogP contribution in [-0.2, 0) is 4.79 Å². The zero-order valence-electron chi connectivity index (χ0n) is 6.00. The van der Waals surface area contributed by atoms with Gasteiger partial charge in [-0.1, -0.05) is 0 Å². The minimum Gasteiger partial charge on any atom is -0.481 e. The van der Waals surface area contributed by atoms with Crippen LogP contribution in [0.2, 0.25) is 0 Å². The highest BCUT2D eigenvalue weighted by atomic mass is 79.9. The van der Waals surface area contributed by atoms with Gasteiger partial charge in [0.25, 0.3) is 5.91 Å². The molecule has 1 N–H and O–H groups in total. The lowest BCUT2D eigenvalue weighted by Gasteiger charge is -2.17. The van der Waals surface area contributed by atoms with Crippen LogP contribution >= 0.6 is 15.9 Å². The molecule has 4 nitrogen and oxygen atoms in total. The average Bonchev–Trinajstić information content (AvgIpc) is 2.07. The van der Waals surface area contributed by atoms with Gasteiger partial charge in [-0.3, -0.25) is 4.79 Å². The summed E-state index contributed by atoms with van der Waals surface area (Å²) in [6.45, 7) is 0.0729. The highest BCUT2D eigenvalue weighted by Crippen LogP contribution is 2.32. The Kier molecular flexibility index (Phi) is 1.73. The molecular formula is C7H5BrN2O2. The van der Waals surface area contributed by atoms with Gasteiger partial charge in [0.2, 0.25) is 0 Å². The molecule has 5 heteroatoms. The Labute approximate surface area is 77.1 Å². The van der Waals surface area contributed by atoms with E-state index in [1.807, 2.05) is 0 Å². The first-order valence-electron chi connectivity index (χ1n) is 3.34. The molecule has 0 unspecified atom stereocenters. The fraction of sp³-hybridized carbons (Fsp3) is 0.143. The molecule has 0 saturated heterocycles. The van der Waals surface area contributed by atoms with Crippen molar-refractivity contribution in [2.45, 2.75) is 0 Å². The molecule has 0 aromatic carbocycles. The van der Waals surface area contributed by atoms with E-state index in [0.717, 1.165) is 0 Å². The highest BCUT2D eigenvalue weighted by Gasteiger charge is 2.18. The zero-order chi connectivity index (χ0) is 8.55. The number of carbonyl (C=O) groups is 1. The Morgan fingerprint density at radius 3 is 3.33 bits per heavy atom. The topological polar surface area (TPSA) is 51.2 Å². The summed E-state index contributed by atoms with van der Waals surface area (Å²) < 4.78 is 5.73. The lowest BCUT2D eigenvalue weighted by atomic mass is 10.3. The summed E-state index contributed by atoms with van der Waals surface area (Å²) in [6, 6.07) is 1.71. The minimum atomic E-state index is -0.156. The molecule has 1 amide bonds. The van der Waals surface area contributed by atoms with E-state index in [1.165, 1.54) is 0 Å². The largest absolute Gasteiger partial charge is 0.481 e. The number of carbonyl (C=O) groups excluding carboxylic acids is 1. The molecule has 1 aliphatic rings. The van der Waals surface area contributed by atoms with E-state index in [4.69, 9.17) is 4.74 Å². The van der Waals surface area contributed by atoms with E-state index in [2.05, 4.69) is 26.2 Å². The van der Waals surface area contributed by atoms with Gasteiger partial charge in [0.15, 0.2) is 6.61 Å². The first kappa shape index (κ1) is 7.54. The van der Waals surface area contributed by atoms with E-state index in [-0.39, 0.29) is 12.5 Å². The van der Waals surface area contributed by atoms with E-state index in [9.17, 15) is 4.79 Å². The molecule has 0 fully saturated rings. The van der Waals surface area contributed by atoms with Crippen LogP contribution in [0.1, 0.15) is 0 Å². The fourth-order valence-electron chi connectivity index (χ4n) is 0.972. The second-order valence-corrected chi connectivity index (χ2v) is 3.06. The normalized spacial score (nSPS) is 14.6. The van der Waals surface area contributed by atoms with E-state index >= 15 is 0 Å². The van der Waals surface area contributed by atoms with Crippen molar-refractivity contribution in [3.8, 4) is 5.75 Å². The molecule has 0 aliphatic carbocycles. The molecule has 0 atom stereocenters. The van der Waals surface area contributed by atoms with Crippen molar-refractivity contribution in [1.82, 2.24) is 4.98 Å². The number of halogens is 1. The number of hydrogen-bond acceptors (Lipinski definition) is 3. The van der Waals surface area contributed by atoms with Gasteiger partial charge in [-0.05, 0) is 15.9 Å². The SMILES string of the molecule is O=C1COc2ccnc(Br)c2N1. The number of fused-ring (bicyclic) bond motifs is 1. The number of aromatic nitrogens is 1. The standard InChI is InChI=1S/C7H5BrN2O2/c8-7-6-4(1-2-9-7)12-3-5(11)10-6/h1-2H,3H2,(H,10,11). The first-order valence-corrected chi connectivity index (χ1v) is 4.14. The van der Waals surface area contributed by atoms with Crippen LogP contribution in [-0.4, -0.2) is 17.5 Å². The average molecular weight is 229 g/mol. The molecule has 2 heterocycles. The van der Waals surface area contributed by atoms with Gasteiger partial charge in [-0.2, -0.15) is 0 Å². The Balaban J connectivity index is 2.50. The number of amides is 1. The summed E-state index contributed by atoms with van der Waals surface area (Å²) in [4.78, 5) is 14.8. The van der Waals surface area contributed by atoms with Crippen LogP contribution in [0.4, 0.5) is 5.69 Å². The van der Waals surface area contributed by atoms with Gasteiger partial charge in [0.05, 0.1) is 0 Å². The third kappa shape index (κ3) is 1.16. The third-order valence-corrected chi connectivity index (χ3v) is 2.09. The van der Waals surface area contributed by atoms with Gasteiger partial charge in [-0.25, -0.2) is 4.98 Å². The van der Waals surface area contributed by atoms with Crippen molar-refractivity contribution in [1.29, 1.82) is 0 Å². The van der Waals surface area contributed by atoms with Crippen molar-refractivity contribution in [2.24, 2.45) is 0 Å². The van der Waals surface area contributed by atoms with Crippen LogP contribution in [0.5, 0.6) is 5.75 Å². The third-order valence-electron chi connectivity index (χ3n) is 1.49. The molecule has 2 rings (SSSR count). The Hall–Kier alpha value is -1.10. The number of rotatable bonds is 0. The summed E-state index contributed by atoms with van der Waals surface area (Å²) in [5, 5.41) is 2.65. The number of nitrogens with zero attached hydrogens (tertiary/aromatic N) is 1. The Bertz CT molecular complexity index is 340. The molecule has 62 valence electrons. The smallest absolute Gasteiger partial charge is 0.262 e. The monoisotopic (exact) mass is 228 g/mol. The van der Waals surface area contributed by atoms with Crippen LogP contribution in [0.15, 0.2) is 16.9 Å². The summed E-state index contributed by atoms with van der Waals surface area (Å²) in [5.41, 5.74) is 0.605. The van der Waals surface area contributed by atoms with Gasteiger partial charge in [0.1, 0.15) is 16.0 Å². The number of nitrogens with one attached hydrogen (secondary N) is 1. The molecule has 0 spiro atoms. The molecule has 1 aromatic heterocycles. The molecule has 1 aromatic rings. The lowest BCUT2D eigenvalue weighted by Crippen LogP contribution is -2.25. The summed E-state index contributed by atoms with van der Waals surface area (Å²) in [6.07, 6.45) is 1.61. The number of anilines is 1. The summed E-state index contributed by atoms with van der Waals surface area (Å²) in [5.74, 6) is 0.493. The quantitative estimate of drug-likeness (QED) is 0.679. The lowest BCUT2D eigenvalue weighted by molar-refractivity contribution is -0.118. The van der Waals surface area contributed by atoms with E-state index in [0.29, 0.717) is 16.0 Å². The van der Waals surface area contributed by atoms with Crippen LogP contribution in [0.25, 0.3) is 0 Å². The molecular weight excluding hydrogens is 224 g/mol. The minimum absolute atomic E-state index is 0.0729. The second kappa shape index (κ2) is 2.75. The Morgan fingerprint density at radius 1 is 1.67 bits per heavy atom. The predicted molar refractivity (Wildman–Crippen MR) is 46.1 cm³/mol. The fourth-order valence-corrected chi connectivity index (χ4v) is 1.38. The molecule has 0 radical (unpaired) electrons. The maximum atomic E-state index is 10.9. The second-order valence-electron chi connectivity index (χ2n) is 2.31. The summed E-state index contributed by atoms with van der Waals surface area (Å²) >= 11 is 3.20. The maximum absolute atomic E-state index is 10.9. The molecule has 12 heavy (non-hydrogen) atoms. The highest BCUT2D eigenvalue weighted by molar-refractivity contribution is 9.10. The number of hydrogen-bond donors (Lipinski definition) is 1. The van der Waals surface area contributed by atoms with Gasteiger partial charge >= 0.3 is 0 Å². The van der Waals surface area contributed by atoms with E-state index < -0.39 is 0 Å². The van der Waals surface area contributed by atoms with Crippen molar-refractivity contribution < 1.29 is 9.53 Å². The predicted octanol–water partition coefficient (Wildman–Crippen LogP) is 1.17. The van der Waals surface area contributed by atoms with Gasteiger partial charge in [-0.15, -0.1) is 0 Å².